The molecule has 2 nitrogen and oxygen atoms in total. The van der Waals surface area contributed by atoms with Crippen LogP contribution in [0.5, 0.6) is 0 Å². The molecule has 0 fully saturated rings. The fourth-order valence-electron chi connectivity index (χ4n) is 0.158. The van der Waals surface area contributed by atoms with Crippen LogP contribution in [0.25, 0.3) is 0 Å². The third kappa shape index (κ3) is 130. The smallest absolute Gasteiger partial charge is 1.00 e. The van der Waals surface area contributed by atoms with E-state index in [0.29, 0.717) is 6.61 Å². The summed E-state index contributed by atoms with van der Waals surface area (Å²) >= 11 is 0. The molecule has 0 heterocycles. The largest absolute Gasteiger partial charge is 2.00 e. The van der Waals surface area contributed by atoms with E-state index < -0.39 is 0 Å². The number of halogens is 4. The van der Waals surface area contributed by atoms with Crippen molar-refractivity contribution >= 4 is 0 Å². The number of hydrogen-bond acceptors (Lipinski definition) is 2. The van der Waals surface area contributed by atoms with Gasteiger partial charge in [-0.15, -0.1) is 0 Å². The van der Waals surface area contributed by atoms with Crippen LogP contribution in [0.2, 0.25) is 0 Å². The Balaban J connectivity index is -0.00000000626. The summed E-state index contributed by atoms with van der Waals surface area (Å²) in [7, 11) is 0. The molecule has 0 amide bonds. The van der Waals surface area contributed by atoms with Gasteiger partial charge >= 0.3 is 43.4 Å². The molecule has 14 heavy (non-hydrogen) atoms. The molecule has 0 spiro atoms. The van der Waals surface area contributed by atoms with Crippen LogP contribution in [0.3, 0.4) is 0 Å². The normalized spacial score (nSPS) is 4.29. The minimum Gasteiger partial charge on any atom is -1.00 e. The minimum atomic E-state index is 0. The van der Waals surface area contributed by atoms with Crippen molar-refractivity contribution < 1.29 is 103 Å². The van der Waals surface area contributed by atoms with Gasteiger partial charge in [-0.05, 0) is 13.3 Å². The van der Waals surface area contributed by atoms with Crippen molar-refractivity contribution in [3.63, 3.8) is 0 Å². The van der Waals surface area contributed by atoms with Gasteiger partial charge in [0.15, 0.2) is 0 Å². The van der Waals surface area contributed by atoms with Crippen molar-refractivity contribution in [3.8, 4) is 0 Å². The van der Waals surface area contributed by atoms with Gasteiger partial charge in [-0.1, -0.05) is 13.3 Å². The Kier molecular flexibility index (Phi) is 302. The summed E-state index contributed by atoms with van der Waals surface area (Å²) in [6.45, 7) is 4.33. The molecule has 0 rings (SSSR count). The second kappa shape index (κ2) is 77.1. The maximum Gasteiger partial charge on any atom is 2.00 e. The van der Waals surface area contributed by atoms with Crippen LogP contribution >= 0.6 is 0 Å². The third-order valence-corrected chi connectivity index (χ3v) is 0.512. The maximum absolute atomic E-state index is 8.07. The quantitative estimate of drug-likeness (QED) is 0.482. The van der Waals surface area contributed by atoms with Gasteiger partial charge in [0.25, 0.3) is 0 Å². The van der Waals surface area contributed by atoms with E-state index in [1.54, 1.807) is 6.92 Å². The van der Waals surface area contributed by atoms with Gasteiger partial charge in [0.1, 0.15) is 0 Å². The molecule has 0 saturated carbocycles. The van der Waals surface area contributed by atoms with Crippen molar-refractivity contribution in [3.05, 3.63) is 0 Å². The topological polar surface area (TPSA) is 40.5 Å². The van der Waals surface area contributed by atoms with Crippen molar-refractivity contribution in [2.24, 2.45) is 0 Å². The van der Waals surface area contributed by atoms with Crippen LogP contribution < -0.4 is 49.6 Å². The zero-order valence-electron chi connectivity index (χ0n) is 8.23. The molecular weight excluding hydrogens is 342 g/mol. The number of unbranched alkanes of at least 4 members (excludes halogenated alkanes) is 1. The Morgan fingerprint density at radius 1 is 0.786 bits per heavy atom. The Hall–Kier alpha value is 2.51. The zero-order valence-corrected chi connectivity index (χ0v) is 14.4. The van der Waals surface area contributed by atoms with Gasteiger partial charge in [-0.3, -0.25) is 0 Å². The predicted molar refractivity (Wildman–Crippen MR) is 34.8 cm³/mol. The van der Waals surface area contributed by atoms with Gasteiger partial charge in [0, 0.05) is 13.2 Å². The van der Waals surface area contributed by atoms with Gasteiger partial charge in [0.05, 0.1) is 0 Å². The molecule has 0 unspecified atom stereocenters. The van der Waals surface area contributed by atoms with Crippen LogP contribution in [-0.4, -0.2) is 23.4 Å². The summed E-state index contributed by atoms with van der Waals surface area (Å²) in [5, 5.41) is 15.6. The standard InChI is InChI=1S/C4H10O.C2H6O.4ClH.2Ti/c1-2-3-4-5;1-2-3;;;;;;/h5H,2-4H2,1H3;3H,2H2,1H3;4*1H;;/q;;;;;;2*+2/p-4. The van der Waals surface area contributed by atoms with E-state index >= 15 is 0 Å². The fourth-order valence-corrected chi connectivity index (χ4v) is 0.158. The van der Waals surface area contributed by atoms with Gasteiger partial charge in [-0.25, -0.2) is 0 Å². The van der Waals surface area contributed by atoms with Crippen molar-refractivity contribution in [1.29, 1.82) is 0 Å². The fraction of sp³-hybridized carbons (Fsp3) is 1.00. The van der Waals surface area contributed by atoms with E-state index in [0.717, 1.165) is 12.8 Å². The van der Waals surface area contributed by atoms with Crippen LogP contribution in [0, 0.1) is 0 Å². The first-order valence-electron chi connectivity index (χ1n) is 3.05. The number of aliphatic hydroxyl groups is 2. The number of aliphatic hydroxyl groups excluding tert-OH is 2. The Morgan fingerprint density at radius 3 is 1.00 bits per heavy atom. The number of rotatable bonds is 2. The number of hydrogen-bond donors (Lipinski definition) is 2. The second-order valence-corrected chi connectivity index (χ2v) is 1.39. The summed E-state index contributed by atoms with van der Waals surface area (Å²) in [5.41, 5.74) is 0. The van der Waals surface area contributed by atoms with Crippen molar-refractivity contribution in [1.82, 2.24) is 0 Å². The van der Waals surface area contributed by atoms with Crippen LogP contribution in [-0.2, 0) is 43.4 Å². The van der Waals surface area contributed by atoms with E-state index in [4.69, 9.17) is 10.2 Å². The maximum atomic E-state index is 8.07. The van der Waals surface area contributed by atoms with Crippen molar-refractivity contribution in [2.45, 2.75) is 26.7 Å². The van der Waals surface area contributed by atoms with Gasteiger partial charge in [0.2, 0.25) is 0 Å². The van der Waals surface area contributed by atoms with Gasteiger partial charge in [-0.2, -0.15) is 0 Å². The Morgan fingerprint density at radius 2 is 1.00 bits per heavy atom. The molecular formula is C6H16Cl4O2Ti2. The minimum absolute atomic E-state index is 0. The molecule has 0 aromatic heterocycles. The van der Waals surface area contributed by atoms with Crippen LogP contribution in [0.4, 0.5) is 0 Å². The summed E-state index contributed by atoms with van der Waals surface area (Å²) in [6, 6.07) is 0. The third-order valence-electron chi connectivity index (χ3n) is 0.512. The molecule has 0 aliphatic rings. The molecule has 8 heteroatoms. The molecule has 0 aromatic carbocycles. The SMILES string of the molecule is CCCCO.CCO.[Cl-].[Cl-].[Cl-].[Cl-].[Ti+2].[Ti+2]. The first kappa shape index (κ1) is 54.8. The summed E-state index contributed by atoms with van der Waals surface area (Å²) in [6.07, 6.45) is 2.04. The zero-order chi connectivity index (χ0) is 6.83. The van der Waals surface area contributed by atoms with E-state index in [1.807, 2.05) is 0 Å². The van der Waals surface area contributed by atoms with E-state index in [1.165, 1.54) is 0 Å². The van der Waals surface area contributed by atoms with Crippen molar-refractivity contribution in [2.75, 3.05) is 13.2 Å². The molecule has 0 aliphatic carbocycles. The molecule has 0 saturated heterocycles. The monoisotopic (exact) mass is 356 g/mol. The van der Waals surface area contributed by atoms with Gasteiger partial charge < -0.3 is 59.8 Å². The van der Waals surface area contributed by atoms with E-state index in [-0.39, 0.29) is 99.7 Å². The Bertz CT molecular complexity index is 39.8. The molecule has 0 atom stereocenters. The molecule has 2 N–H and O–H groups in total. The molecule has 0 radical (unpaired) electrons. The summed E-state index contributed by atoms with van der Waals surface area (Å²) in [5.74, 6) is 0. The first-order chi connectivity index (χ1) is 3.83. The molecule has 88 valence electrons. The molecule has 0 aromatic rings. The summed E-state index contributed by atoms with van der Waals surface area (Å²) < 4.78 is 0. The average Bonchev–Trinajstić information content (AvgIpc) is 1.71. The molecule has 0 aliphatic heterocycles. The Labute approximate surface area is 142 Å². The first-order valence-corrected chi connectivity index (χ1v) is 3.05. The second-order valence-electron chi connectivity index (χ2n) is 1.39. The summed E-state index contributed by atoms with van der Waals surface area (Å²) in [4.78, 5) is 0. The van der Waals surface area contributed by atoms with Crippen LogP contribution in [0.1, 0.15) is 26.7 Å². The molecule has 0 bridgehead atoms. The predicted octanol–water partition coefficient (Wildman–Crippen LogP) is -11.2. The average molecular weight is 358 g/mol. The van der Waals surface area contributed by atoms with E-state index in [2.05, 4.69) is 6.92 Å². The van der Waals surface area contributed by atoms with E-state index in [9.17, 15) is 0 Å². The van der Waals surface area contributed by atoms with Crippen LogP contribution in [0.15, 0.2) is 0 Å².